The van der Waals surface area contributed by atoms with Crippen LogP contribution in [-0.4, -0.2) is 13.0 Å². The van der Waals surface area contributed by atoms with E-state index in [9.17, 15) is 10.1 Å². The number of halogens is 3. The summed E-state index contributed by atoms with van der Waals surface area (Å²) in [4.78, 5) is 12.5. The average molecular weight is 624 g/mol. The van der Waals surface area contributed by atoms with Gasteiger partial charge in [0.25, 0.3) is 5.91 Å². The van der Waals surface area contributed by atoms with E-state index in [1.165, 1.54) is 13.2 Å². The largest absolute Gasteiger partial charge is 0.493 e. The molecule has 0 aliphatic carbocycles. The van der Waals surface area contributed by atoms with Gasteiger partial charge in [0, 0.05) is 13.7 Å². The lowest BCUT2D eigenvalue weighted by Gasteiger charge is -2.14. The molecule has 0 heterocycles. The van der Waals surface area contributed by atoms with Crippen LogP contribution < -0.4 is 14.8 Å². The second kappa shape index (κ2) is 11.4. The maximum atomic E-state index is 12.5. The van der Waals surface area contributed by atoms with Gasteiger partial charge in [-0.25, -0.2) is 0 Å². The topological polar surface area (TPSA) is 71.3 Å². The molecule has 0 bridgehead atoms. The van der Waals surface area contributed by atoms with Gasteiger partial charge < -0.3 is 14.8 Å². The van der Waals surface area contributed by atoms with Gasteiger partial charge in [-0.05, 0) is 88.3 Å². The Labute approximate surface area is 213 Å². The number of carbonyl (C=O) groups excluding carboxylic acids is 1. The zero-order valence-corrected chi connectivity index (χ0v) is 21.4. The molecule has 0 saturated heterocycles. The van der Waals surface area contributed by atoms with Crippen molar-refractivity contribution in [1.82, 2.24) is 0 Å². The molecular weight excluding hydrogens is 607 g/mol. The van der Waals surface area contributed by atoms with Crippen LogP contribution in [0.15, 0.2) is 70.7 Å². The highest BCUT2D eigenvalue weighted by Crippen LogP contribution is 2.37. The Morgan fingerprint density at radius 2 is 1.88 bits per heavy atom. The molecule has 0 spiro atoms. The van der Waals surface area contributed by atoms with E-state index in [0.29, 0.717) is 34.4 Å². The van der Waals surface area contributed by atoms with Gasteiger partial charge in [-0.15, -0.1) is 0 Å². The first-order chi connectivity index (χ1) is 15.4. The molecule has 3 aromatic carbocycles. The van der Waals surface area contributed by atoms with Gasteiger partial charge in [0.15, 0.2) is 11.5 Å². The minimum atomic E-state index is -0.524. The van der Waals surface area contributed by atoms with Crippen LogP contribution in [0, 0.1) is 14.9 Å². The highest BCUT2D eigenvalue weighted by molar-refractivity contribution is 14.1. The highest BCUT2D eigenvalue weighted by Gasteiger charge is 2.14. The molecule has 0 radical (unpaired) electrons. The Morgan fingerprint density at radius 3 is 2.50 bits per heavy atom. The van der Waals surface area contributed by atoms with Crippen LogP contribution in [0.4, 0.5) is 5.69 Å². The van der Waals surface area contributed by atoms with Gasteiger partial charge in [-0.1, -0.05) is 39.7 Å². The van der Waals surface area contributed by atoms with E-state index in [4.69, 9.17) is 21.1 Å². The second-order valence-corrected chi connectivity index (χ2v) is 9.15. The maximum absolute atomic E-state index is 12.5. The molecular formula is C24H17BrClIN2O3. The first-order valence-corrected chi connectivity index (χ1v) is 11.6. The predicted octanol–water partition coefficient (Wildman–Crippen LogP) is 6.84. The first kappa shape index (κ1) is 24.1. The molecule has 0 aliphatic heterocycles. The molecule has 32 heavy (non-hydrogen) atoms. The minimum absolute atomic E-state index is 0.0707. The molecule has 0 fully saturated rings. The lowest BCUT2D eigenvalue weighted by molar-refractivity contribution is -0.112. The number of amides is 1. The van der Waals surface area contributed by atoms with E-state index in [0.717, 1.165) is 13.6 Å². The van der Waals surface area contributed by atoms with Gasteiger partial charge in [-0.2, -0.15) is 5.26 Å². The molecule has 0 atom stereocenters. The zero-order chi connectivity index (χ0) is 23.1. The Kier molecular flexibility index (Phi) is 8.56. The van der Waals surface area contributed by atoms with Crippen LogP contribution in [0.3, 0.4) is 0 Å². The number of anilines is 1. The van der Waals surface area contributed by atoms with E-state index in [2.05, 4.69) is 43.8 Å². The van der Waals surface area contributed by atoms with Crippen LogP contribution in [0.2, 0.25) is 5.02 Å². The van der Waals surface area contributed by atoms with E-state index >= 15 is 0 Å². The Morgan fingerprint density at radius 1 is 1.19 bits per heavy atom. The molecule has 3 aromatic rings. The first-order valence-electron chi connectivity index (χ1n) is 9.33. The van der Waals surface area contributed by atoms with Crippen molar-refractivity contribution in [3.05, 3.63) is 90.4 Å². The zero-order valence-electron chi connectivity index (χ0n) is 16.9. The molecule has 3 rings (SSSR count). The highest BCUT2D eigenvalue weighted by atomic mass is 127. The van der Waals surface area contributed by atoms with Crippen molar-refractivity contribution in [2.45, 2.75) is 6.61 Å². The Hall–Kier alpha value is -2.54. The summed E-state index contributed by atoms with van der Waals surface area (Å²) < 4.78 is 13.3. The molecule has 0 saturated carbocycles. The van der Waals surface area contributed by atoms with Crippen LogP contribution in [0.25, 0.3) is 6.08 Å². The van der Waals surface area contributed by atoms with Crippen molar-refractivity contribution >= 4 is 67.8 Å². The molecule has 1 amide bonds. The standard InChI is InChI=1S/C24H17BrClIN2O3/c1-31-22-12-16(10-17(13-28)24(30)29-20-8-4-18(25)5-9-20)11-21(26)23(22)32-14-15-2-6-19(27)7-3-15/h2-12H,14H2,1H3,(H,29,30)/b17-10-. The third-order valence-corrected chi connectivity index (χ3v) is 5.85. The number of methoxy groups -OCH3 is 1. The summed E-state index contributed by atoms with van der Waals surface area (Å²) in [6, 6.07) is 20.2. The summed E-state index contributed by atoms with van der Waals surface area (Å²) in [5.74, 6) is 0.270. The summed E-state index contributed by atoms with van der Waals surface area (Å²) in [5.41, 5.74) is 2.03. The summed E-state index contributed by atoms with van der Waals surface area (Å²) in [6.07, 6.45) is 1.45. The van der Waals surface area contributed by atoms with E-state index in [-0.39, 0.29) is 5.57 Å². The normalized spacial score (nSPS) is 10.9. The SMILES string of the molecule is COc1cc(/C=C(/C#N)C(=O)Nc2ccc(Br)cc2)cc(Cl)c1OCc1ccc(I)cc1. The molecule has 0 unspecified atom stereocenters. The van der Waals surface area contributed by atoms with Gasteiger partial charge >= 0.3 is 0 Å². The smallest absolute Gasteiger partial charge is 0.266 e. The van der Waals surface area contributed by atoms with Crippen molar-refractivity contribution in [1.29, 1.82) is 5.26 Å². The lowest BCUT2D eigenvalue weighted by Crippen LogP contribution is -2.13. The average Bonchev–Trinajstić information content (AvgIpc) is 2.79. The second-order valence-electron chi connectivity index (χ2n) is 6.58. The van der Waals surface area contributed by atoms with Gasteiger partial charge in [-0.3, -0.25) is 4.79 Å². The van der Waals surface area contributed by atoms with Crippen LogP contribution >= 0.6 is 50.1 Å². The van der Waals surface area contributed by atoms with Gasteiger partial charge in [0.1, 0.15) is 18.2 Å². The number of nitriles is 1. The predicted molar refractivity (Wildman–Crippen MR) is 138 cm³/mol. The number of hydrogen-bond donors (Lipinski definition) is 1. The fourth-order valence-electron chi connectivity index (χ4n) is 2.75. The third kappa shape index (κ3) is 6.48. The number of nitrogens with one attached hydrogen (secondary N) is 1. The Balaban J connectivity index is 1.80. The number of nitrogens with zero attached hydrogens (tertiary/aromatic N) is 1. The fraction of sp³-hybridized carbons (Fsp3) is 0.0833. The van der Waals surface area contributed by atoms with Crippen molar-refractivity contribution in [2.75, 3.05) is 12.4 Å². The van der Waals surface area contributed by atoms with Crippen molar-refractivity contribution in [3.8, 4) is 17.6 Å². The third-order valence-electron chi connectivity index (χ3n) is 4.33. The molecule has 1 N–H and O–H groups in total. The number of rotatable bonds is 7. The van der Waals surface area contributed by atoms with Crippen LogP contribution in [0.5, 0.6) is 11.5 Å². The van der Waals surface area contributed by atoms with Crippen LogP contribution in [-0.2, 0) is 11.4 Å². The van der Waals surface area contributed by atoms with Crippen molar-refractivity contribution in [3.63, 3.8) is 0 Å². The lowest BCUT2D eigenvalue weighted by atomic mass is 10.1. The molecule has 162 valence electrons. The maximum Gasteiger partial charge on any atom is 0.266 e. The van der Waals surface area contributed by atoms with E-state index in [1.54, 1.807) is 36.4 Å². The van der Waals surface area contributed by atoms with Crippen molar-refractivity contribution < 1.29 is 14.3 Å². The molecule has 0 aliphatic rings. The van der Waals surface area contributed by atoms with E-state index < -0.39 is 5.91 Å². The van der Waals surface area contributed by atoms with E-state index in [1.807, 2.05) is 30.3 Å². The van der Waals surface area contributed by atoms with Gasteiger partial charge in [0.05, 0.1) is 12.1 Å². The summed E-state index contributed by atoms with van der Waals surface area (Å²) in [5, 5.41) is 12.5. The quantitative estimate of drug-likeness (QED) is 0.178. The molecule has 0 aromatic heterocycles. The number of hydrogen-bond acceptors (Lipinski definition) is 4. The number of benzene rings is 3. The molecule has 8 heteroatoms. The minimum Gasteiger partial charge on any atom is -0.493 e. The van der Waals surface area contributed by atoms with Gasteiger partial charge in [0.2, 0.25) is 0 Å². The number of carbonyl (C=O) groups is 1. The summed E-state index contributed by atoms with van der Waals surface area (Å²) in [6.45, 7) is 0.321. The summed E-state index contributed by atoms with van der Waals surface area (Å²) in [7, 11) is 1.50. The fourth-order valence-corrected chi connectivity index (χ4v) is 3.64. The molecule has 5 nitrogen and oxygen atoms in total. The van der Waals surface area contributed by atoms with Crippen molar-refractivity contribution in [2.24, 2.45) is 0 Å². The Bertz CT molecular complexity index is 1190. The number of ether oxygens (including phenoxy) is 2. The monoisotopic (exact) mass is 622 g/mol. The van der Waals surface area contributed by atoms with Crippen LogP contribution in [0.1, 0.15) is 11.1 Å². The summed E-state index contributed by atoms with van der Waals surface area (Å²) >= 11 is 12.0.